The summed E-state index contributed by atoms with van der Waals surface area (Å²) in [6, 6.07) is 0. The number of nitrogens with two attached hydrogens (primary N) is 1. The monoisotopic (exact) mass is 218 g/mol. The van der Waals surface area contributed by atoms with Crippen molar-refractivity contribution in [2.24, 2.45) is 0 Å². The molecule has 6 nitrogen and oxygen atoms in total. The van der Waals surface area contributed by atoms with E-state index in [1.807, 2.05) is 5.38 Å². The molecule has 0 bridgehead atoms. The molecule has 0 aliphatic heterocycles. The van der Waals surface area contributed by atoms with Crippen LogP contribution in [-0.2, 0) is 0 Å². The molecule has 0 unspecified atom stereocenters. The Morgan fingerprint density at radius 1 is 1.27 bits per heavy atom. The van der Waals surface area contributed by atoms with Gasteiger partial charge < -0.3 is 5.73 Å². The summed E-state index contributed by atoms with van der Waals surface area (Å²) in [7, 11) is 0. The fourth-order valence-electron chi connectivity index (χ4n) is 1.32. The van der Waals surface area contributed by atoms with Crippen molar-refractivity contribution in [1.82, 2.24) is 24.7 Å². The average molecular weight is 218 g/mol. The summed E-state index contributed by atoms with van der Waals surface area (Å²) in [4.78, 5) is 12.2. The van der Waals surface area contributed by atoms with Crippen molar-refractivity contribution in [2.75, 3.05) is 5.73 Å². The Morgan fingerprint density at radius 3 is 3.00 bits per heavy atom. The van der Waals surface area contributed by atoms with Crippen molar-refractivity contribution in [3.63, 3.8) is 0 Å². The van der Waals surface area contributed by atoms with E-state index < -0.39 is 0 Å². The number of nitrogen functional groups attached to an aromatic ring is 1. The minimum atomic E-state index is 0.433. The lowest BCUT2D eigenvalue weighted by Crippen LogP contribution is -1.98. The molecular weight excluding hydrogens is 212 g/mol. The van der Waals surface area contributed by atoms with E-state index in [0.29, 0.717) is 11.5 Å². The molecule has 74 valence electrons. The van der Waals surface area contributed by atoms with E-state index in [-0.39, 0.29) is 0 Å². The predicted octanol–water partition coefficient (Wildman–Crippen LogP) is 0.854. The Morgan fingerprint density at radius 2 is 2.20 bits per heavy atom. The predicted molar refractivity (Wildman–Crippen MR) is 56.7 cm³/mol. The normalized spacial score (nSPS) is 10.9. The van der Waals surface area contributed by atoms with Gasteiger partial charge >= 0.3 is 0 Å². The standard InChI is InChI=1S/C8H6N6S/c9-6-5-3-13-14(7(5)12-4-11-6)8-10-1-2-15-8/h1-4H,(H2,9,11,12). The highest BCUT2D eigenvalue weighted by Crippen LogP contribution is 2.20. The van der Waals surface area contributed by atoms with Crippen LogP contribution in [0, 0.1) is 0 Å². The molecule has 0 saturated carbocycles. The topological polar surface area (TPSA) is 82.5 Å². The smallest absolute Gasteiger partial charge is 0.212 e. The third kappa shape index (κ3) is 1.17. The van der Waals surface area contributed by atoms with Crippen LogP contribution in [0.1, 0.15) is 0 Å². The van der Waals surface area contributed by atoms with Crippen LogP contribution in [0.15, 0.2) is 24.1 Å². The van der Waals surface area contributed by atoms with Crippen molar-refractivity contribution in [3.8, 4) is 5.13 Å². The van der Waals surface area contributed by atoms with E-state index in [4.69, 9.17) is 5.73 Å². The zero-order valence-electron chi connectivity index (χ0n) is 7.53. The van der Waals surface area contributed by atoms with E-state index >= 15 is 0 Å². The average Bonchev–Trinajstić information content (AvgIpc) is 2.85. The van der Waals surface area contributed by atoms with Gasteiger partial charge in [-0.1, -0.05) is 0 Å². The SMILES string of the molecule is Nc1ncnc2c1cnn2-c1nccs1. The van der Waals surface area contributed by atoms with Gasteiger partial charge in [0.25, 0.3) is 0 Å². The van der Waals surface area contributed by atoms with Gasteiger partial charge in [0.05, 0.1) is 11.6 Å². The van der Waals surface area contributed by atoms with Gasteiger partial charge in [0.2, 0.25) is 5.13 Å². The van der Waals surface area contributed by atoms with Crippen LogP contribution < -0.4 is 5.73 Å². The summed E-state index contributed by atoms with van der Waals surface area (Å²) >= 11 is 1.49. The molecule has 0 fully saturated rings. The lowest BCUT2D eigenvalue weighted by Gasteiger charge is -1.96. The maximum Gasteiger partial charge on any atom is 0.212 e. The summed E-state index contributed by atoms with van der Waals surface area (Å²) in [5, 5.41) is 7.57. The summed E-state index contributed by atoms with van der Waals surface area (Å²) < 4.78 is 1.65. The molecule has 0 radical (unpaired) electrons. The van der Waals surface area contributed by atoms with Gasteiger partial charge in [0.1, 0.15) is 12.1 Å². The van der Waals surface area contributed by atoms with Crippen molar-refractivity contribution in [2.45, 2.75) is 0 Å². The second-order valence-corrected chi connectivity index (χ2v) is 3.74. The second kappa shape index (κ2) is 2.99. The second-order valence-electron chi connectivity index (χ2n) is 2.87. The number of thiazole rings is 1. The molecule has 0 amide bonds. The van der Waals surface area contributed by atoms with E-state index in [9.17, 15) is 0 Å². The third-order valence-electron chi connectivity index (χ3n) is 2.00. The first-order valence-corrected chi connectivity index (χ1v) is 5.08. The van der Waals surface area contributed by atoms with E-state index in [0.717, 1.165) is 10.5 Å². The zero-order valence-corrected chi connectivity index (χ0v) is 8.35. The molecule has 3 aromatic rings. The molecule has 0 aliphatic rings. The summed E-state index contributed by atoms with van der Waals surface area (Å²) in [6.07, 6.45) is 4.79. The Labute approximate surface area is 88.4 Å². The van der Waals surface area contributed by atoms with Crippen LogP contribution >= 0.6 is 11.3 Å². The van der Waals surface area contributed by atoms with Gasteiger partial charge in [-0.3, -0.25) is 0 Å². The molecule has 3 rings (SSSR count). The lowest BCUT2D eigenvalue weighted by molar-refractivity contribution is 0.884. The maximum atomic E-state index is 5.70. The third-order valence-corrected chi connectivity index (χ3v) is 2.74. The van der Waals surface area contributed by atoms with E-state index in [2.05, 4.69) is 20.1 Å². The summed E-state index contributed by atoms with van der Waals surface area (Å²) in [5.74, 6) is 0.433. The molecule has 3 aromatic heterocycles. The number of nitrogens with zero attached hydrogens (tertiary/aromatic N) is 5. The molecule has 0 saturated heterocycles. The molecule has 0 aliphatic carbocycles. The number of fused-ring (bicyclic) bond motifs is 1. The highest BCUT2D eigenvalue weighted by atomic mass is 32.1. The van der Waals surface area contributed by atoms with Gasteiger partial charge in [-0.05, 0) is 0 Å². The molecule has 15 heavy (non-hydrogen) atoms. The molecule has 0 atom stereocenters. The minimum absolute atomic E-state index is 0.433. The van der Waals surface area contributed by atoms with Gasteiger partial charge in [0.15, 0.2) is 5.65 Å². The number of hydrogen-bond donors (Lipinski definition) is 1. The van der Waals surface area contributed by atoms with Gasteiger partial charge in [-0.15, -0.1) is 11.3 Å². The Hall–Kier alpha value is -2.02. The first-order valence-electron chi connectivity index (χ1n) is 4.20. The summed E-state index contributed by atoms with van der Waals surface area (Å²) in [6.45, 7) is 0. The van der Waals surface area contributed by atoms with Crippen LogP contribution in [0.5, 0.6) is 0 Å². The minimum Gasteiger partial charge on any atom is -0.383 e. The van der Waals surface area contributed by atoms with Crippen molar-refractivity contribution < 1.29 is 0 Å². The van der Waals surface area contributed by atoms with Gasteiger partial charge in [-0.25, -0.2) is 15.0 Å². The van der Waals surface area contributed by atoms with Crippen molar-refractivity contribution in [1.29, 1.82) is 0 Å². The molecule has 2 N–H and O–H groups in total. The Balaban J connectivity index is 2.34. The Kier molecular flexibility index (Phi) is 1.65. The number of rotatable bonds is 1. The van der Waals surface area contributed by atoms with Crippen molar-refractivity contribution in [3.05, 3.63) is 24.1 Å². The number of aromatic nitrogens is 5. The molecule has 3 heterocycles. The highest BCUT2D eigenvalue weighted by Gasteiger charge is 2.09. The molecule has 0 aromatic carbocycles. The maximum absolute atomic E-state index is 5.70. The van der Waals surface area contributed by atoms with Crippen LogP contribution in [-0.4, -0.2) is 24.7 Å². The van der Waals surface area contributed by atoms with E-state index in [1.165, 1.54) is 17.7 Å². The summed E-state index contributed by atoms with van der Waals surface area (Å²) in [5.41, 5.74) is 6.38. The molecular formula is C8H6N6S. The zero-order chi connectivity index (χ0) is 10.3. The fraction of sp³-hybridized carbons (Fsp3) is 0. The first kappa shape index (κ1) is 8.30. The fourth-order valence-corrected chi connectivity index (χ4v) is 1.92. The lowest BCUT2D eigenvalue weighted by atomic mass is 10.4. The van der Waals surface area contributed by atoms with Crippen LogP contribution in [0.3, 0.4) is 0 Å². The quantitative estimate of drug-likeness (QED) is 0.654. The highest BCUT2D eigenvalue weighted by molar-refractivity contribution is 7.12. The van der Waals surface area contributed by atoms with E-state index in [1.54, 1.807) is 17.1 Å². The van der Waals surface area contributed by atoms with Crippen molar-refractivity contribution >= 4 is 28.2 Å². The van der Waals surface area contributed by atoms with Crippen LogP contribution in [0.2, 0.25) is 0 Å². The number of anilines is 1. The number of hydrogen-bond acceptors (Lipinski definition) is 6. The molecule has 0 spiro atoms. The molecule has 7 heteroatoms. The van der Waals surface area contributed by atoms with Gasteiger partial charge in [-0.2, -0.15) is 9.78 Å². The Bertz CT molecular complexity index is 599. The van der Waals surface area contributed by atoms with Crippen LogP contribution in [0.4, 0.5) is 5.82 Å². The largest absolute Gasteiger partial charge is 0.383 e. The van der Waals surface area contributed by atoms with Gasteiger partial charge in [0, 0.05) is 11.6 Å². The van der Waals surface area contributed by atoms with Crippen LogP contribution in [0.25, 0.3) is 16.2 Å². The first-order chi connectivity index (χ1) is 7.36.